The molecule has 2 aromatic heterocycles. The number of allylic oxidation sites excluding steroid dienone is 2. The lowest BCUT2D eigenvalue weighted by Gasteiger charge is -2.36. The molecule has 4 N–H and O–H groups in total. The van der Waals surface area contributed by atoms with E-state index in [4.69, 9.17) is 10.7 Å². The van der Waals surface area contributed by atoms with Crippen LogP contribution in [-0.4, -0.2) is 47.8 Å². The average Bonchev–Trinajstić information content (AvgIpc) is 3.14. The highest BCUT2D eigenvalue weighted by molar-refractivity contribution is 7.81. The van der Waals surface area contributed by atoms with E-state index in [-0.39, 0.29) is 22.7 Å². The van der Waals surface area contributed by atoms with Crippen molar-refractivity contribution >= 4 is 46.2 Å². The maximum atomic E-state index is 14.2. The van der Waals surface area contributed by atoms with Crippen LogP contribution in [-0.2, 0) is 21.5 Å². The van der Waals surface area contributed by atoms with Gasteiger partial charge in [-0.05, 0) is 69.2 Å². The lowest BCUT2D eigenvalue weighted by atomic mass is 9.80. The second-order valence-corrected chi connectivity index (χ2v) is 13.4. The molecule has 3 unspecified atom stereocenters. The fourth-order valence-electron chi connectivity index (χ4n) is 5.86. The smallest absolute Gasteiger partial charge is 0.306 e. The van der Waals surface area contributed by atoms with Gasteiger partial charge in [0, 0.05) is 23.1 Å². The zero-order chi connectivity index (χ0) is 29.6. The molecular weight excluding hydrogens is 530 g/mol. The van der Waals surface area contributed by atoms with E-state index >= 15 is 0 Å². The van der Waals surface area contributed by atoms with E-state index in [1.165, 1.54) is 12.1 Å². The first kappa shape index (κ1) is 29.7. The lowest BCUT2D eigenvalue weighted by molar-refractivity contribution is -0.141. The molecule has 2 aromatic rings. The first-order valence-electron chi connectivity index (χ1n) is 13.5. The second-order valence-electron chi connectivity index (χ2n) is 12.5. The van der Waals surface area contributed by atoms with Gasteiger partial charge in [0.2, 0.25) is 0 Å². The molecule has 1 aliphatic carbocycles. The minimum absolute atomic E-state index is 0.0477. The van der Waals surface area contributed by atoms with Gasteiger partial charge in [-0.25, -0.2) is 14.2 Å². The summed E-state index contributed by atoms with van der Waals surface area (Å²) in [5.74, 6) is -1.14. The number of carbonyl (C=O) groups excluding carboxylic acids is 1. The summed E-state index contributed by atoms with van der Waals surface area (Å²) in [5.41, 5.74) is 7.76. The number of carboxylic acids is 1. The Labute approximate surface area is 238 Å². The van der Waals surface area contributed by atoms with Crippen molar-refractivity contribution < 1.29 is 23.5 Å². The van der Waals surface area contributed by atoms with Crippen LogP contribution in [0, 0.1) is 11.8 Å². The number of carbonyl (C=O) groups is 2. The molecule has 11 heteroatoms. The van der Waals surface area contributed by atoms with E-state index in [2.05, 4.69) is 51.4 Å². The van der Waals surface area contributed by atoms with Gasteiger partial charge in [0.1, 0.15) is 11.6 Å². The Morgan fingerprint density at radius 1 is 1.23 bits per heavy atom. The normalized spacial score (nSPS) is 21.6. The predicted molar refractivity (Wildman–Crippen MR) is 157 cm³/mol. The minimum Gasteiger partial charge on any atom is -0.481 e. The van der Waals surface area contributed by atoms with Crippen LogP contribution in [0.25, 0.3) is 5.57 Å². The highest BCUT2D eigenvalue weighted by Gasteiger charge is 2.41. The molecule has 0 bridgehead atoms. The maximum Gasteiger partial charge on any atom is 0.306 e. The van der Waals surface area contributed by atoms with Gasteiger partial charge in [0.15, 0.2) is 5.82 Å². The zero-order valence-corrected chi connectivity index (χ0v) is 24.8. The molecule has 3 atom stereocenters. The molecule has 0 spiro atoms. The summed E-state index contributed by atoms with van der Waals surface area (Å²) in [6.45, 7) is 13.2. The van der Waals surface area contributed by atoms with Crippen LogP contribution in [0.4, 0.5) is 17.5 Å². The van der Waals surface area contributed by atoms with E-state index in [1.54, 1.807) is 12.1 Å². The third-order valence-electron chi connectivity index (χ3n) is 7.68. The van der Waals surface area contributed by atoms with Crippen molar-refractivity contribution in [1.82, 2.24) is 9.97 Å². The molecule has 0 radical (unpaired) electrons. The summed E-state index contributed by atoms with van der Waals surface area (Å²) in [5, 5.41) is 9.50. The van der Waals surface area contributed by atoms with E-state index in [0.29, 0.717) is 37.5 Å². The number of amides is 1. The van der Waals surface area contributed by atoms with Crippen molar-refractivity contribution in [2.24, 2.45) is 11.8 Å². The average molecular weight is 570 g/mol. The fourth-order valence-corrected chi connectivity index (χ4v) is 6.36. The Morgan fingerprint density at radius 2 is 1.93 bits per heavy atom. The number of hydrogen-bond acceptors (Lipinski definition) is 7. The molecule has 1 fully saturated rings. The quantitative estimate of drug-likeness (QED) is 0.407. The largest absolute Gasteiger partial charge is 0.481 e. The summed E-state index contributed by atoms with van der Waals surface area (Å²) < 4.78 is 23.6. The number of aromatic nitrogens is 2. The summed E-state index contributed by atoms with van der Waals surface area (Å²) in [4.78, 5) is 37.2. The number of nitrogens with two attached hydrogens (primary N) is 1. The molecule has 216 valence electrons. The van der Waals surface area contributed by atoms with Crippen molar-refractivity contribution in [3.8, 4) is 0 Å². The number of aliphatic carboxylic acids is 1. The van der Waals surface area contributed by atoms with Gasteiger partial charge in [-0.2, -0.15) is 4.31 Å². The molecule has 1 amide bonds. The molecule has 1 aliphatic heterocycles. The van der Waals surface area contributed by atoms with Crippen molar-refractivity contribution in [3.05, 3.63) is 47.2 Å². The van der Waals surface area contributed by atoms with Crippen LogP contribution in [0.1, 0.15) is 88.8 Å². The summed E-state index contributed by atoms with van der Waals surface area (Å²) >= 11 is -2.73. The monoisotopic (exact) mass is 569 g/mol. The van der Waals surface area contributed by atoms with E-state index in [9.17, 15) is 23.5 Å². The van der Waals surface area contributed by atoms with Crippen molar-refractivity contribution in [1.29, 1.82) is 0 Å². The second kappa shape index (κ2) is 10.9. The van der Waals surface area contributed by atoms with Gasteiger partial charge in [-0.3, -0.25) is 14.1 Å². The van der Waals surface area contributed by atoms with Crippen LogP contribution in [0.3, 0.4) is 0 Å². The van der Waals surface area contributed by atoms with Gasteiger partial charge in [0.05, 0.1) is 17.2 Å². The summed E-state index contributed by atoms with van der Waals surface area (Å²) in [6.07, 6.45) is 4.20. The van der Waals surface area contributed by atoms with Crippen LogP contribution in [0.15, 0.2) is 30.3 Å². The summed E-state index contributed by atoms with van der Waals surface area (Å²) in [6, 6.07) is 6.32. The molecular formula is C29H39N5O5S. The standard InChI is InChI=1S/C29H39N5O5S/c1-17-15-29(5,6)33(16-17)25-21(26(35)34(40(38)39)23-9-7-8-22(30)31-23)14-20(24(32-25)28(2,3)4)18-10-12-19(13-11-18)27(36)37/h7-10,14,17,19H,11-13,15-16H2,1-6H3,(H2,30,31)(H,36,37)(H,38,39). The first-order valence-corrected chi connectivity index (χ1v) is 14.6. The van der Waals surface area contributed by atoms with Crippen LogP contribution in [0.5, 0.6) is 0 Å². The van der Waals surface area contributed by atoms with Crippen LogP contribution >= 0.6 is 0 Å². The lowest BCUT2D eigenvalue weighted by Crippen LogP contribution is -2.42. The molecule has 4 rings (SSSR count). The van der Waals surface area contributed by atoms with Crippen LogP contribution in [0.2, 0.25) is 0 Å². The molecule has 0 saturated carbocycles. The van der Waals surface area contributed by atoms with Gasteiger partial charge in [0.25, 0.3) is 17.2 Å². The molecule has 40 heavy (non-hydrogen) atoms. The Kier molecular flexibility index (Phi) is 8.11. The molecule has 3 heterocycles. The highest BCUT2D eigenvalue weighted by atomic mass is 32.2. The molecule has 0 aromatic carbocycles. The van der Waals surface area contributed by atoms with Gasteiger partial charge < -0.3 is 15.7 Å². The Bertz CT molecular complexity index is 1380. The minimum atomic E-state index is -2.73. The zero-order valence-electron chi connectivity index (χ0n) is 24.0. The number of nitrogen functional groups attached to an aromatic ring is 1. The Balaban J connectivity index is 1.97. The molecule has 2 aliphatic rings. The van der Waals surface area contributed by atoms with Crippen LogP contribution < -0.4 is 14.9 Å². The maximum absolute atomic E-state index is 14.2. The van der Waals surface area contributed by atoms with E-state index < -0.39 is 34.5 Å². The van der Waals surface area contributed by atoms with E-state index in [0.717, 1.165) is 27.6 Å². The fraction of sp³-hybridized carbons (Fsp3) is 0.517. The van der Waals surface area contributed by atoms with Gasteiger partial charge >= 0.3 is 5.97 Å². The Morgan fingerprint density at radius 3 is 2.42 bits per heavy atom. The van der Waals surface area contributed by atoms with E-state index in [1.807, 2.05) is 6.08 Å². The number of nitrogens with zero attached hydrogens (tertiary/aromatic N) is 4. The number of carboxylic acid groups (broad SMARTS) is 1. The summed E-state index contributed by atoms with van der Waals surface area (Å²) in [7, 11) is 0. The first-order chi connectivity index (χ1) is 18.6. The van der Waals surface area contributed by atoms with Crippen molar-refractivity contribution in [2.75, 3.05) is 21.5 Å². The van der Waals surface area contributed by atoms with Crippen molar-refractivity contribution in [2.45, 2.75) is 78.2 Å². The number of rotatable bonds is 6. The SMILES string of the molecule is CC1CN(c2nc(C(C)(C)C)c(C3=CCC(C(=O)O)CC3)cc2C(=O)N(c2cccc(N)n2)S(=O)O)C(C)(C)C1. The topological polar surface area (TPSA) is 150 Å². The van der Waals surface area contributed by atoms with Crippen molar-refractivity contribution in [3.63, 3.8) is 0 Å². The number of anilines is 3. The molecule has 10 nitrogen and oxygen atoms in total. The Hall–Kier alpha value is -3.31. The predicted octanol–water partition coefficient (Wildman–Crippen LogP) is 5.03. The number of pyridine rings is 2. The van der Waals surface area contributed by atoms with Gasteiger partial charge in [-0.15, -0.1) is 0 Å². The number of hydrogen-bond donors (Lipinski definition) is 3. The third-order valence-corrected chi connectivity index (χ3v) is 8.35. The third kappa shape index (κ3) is 5.90. The highest BCUT2D eigenvalue weighted by Crippen LogP contribution is 2.42. The van der Waals surface area contributed by atoms with Gasteiger partial charge in [-0.1, -0.05) is 39.8 Å². The molecule has 1 saturated heterocycles.